The number of hydrogen-bond acceptors (Lipinski definition) is 2. The molecule has 0 bridgehead atoms. The molecular weight excluding hydrogens is 241 g/mol. The van der Waals surface area contributed by atoms with Crippen molar-refractivity contribution in [1.29, 1.82) is 0 Å². The number of nitrogens with zero attached hydrogens (tertiary/aromatic N) is 2. The van der Waals surface area contributed by atoms with Crippen LogP contribution in [0, 0.1) is 5.82 Å². The van der Waals surface area contributed by atoms with Gasteiger partial charge >= 0.3 is 0 Å². The summed E-state index contributed by atoms with van der Waals surface area (Å²) < 4.78 is 14.9. The van der Waals surface area contributed by atoms with Crippen LogP contribution in [0.5, 0.6) is 0 Å². The van der Waals surface area contributed by atoms with E-state index in [2.05, 4.69) is 17.2 Å². The van der Waals surface area contributed by atoms with E-state index in [1.54, 1.807) is 6.33 Å². The number of aromatic nitrogens is 2. The van der Waals surface area contributed by atoms with Crippen LogP contribution in [0.15, 0.2) is 36.8 Å². The van der Waals surface area contributed by atoms with Crippen molar-refractivity contribution in [2.24, 2.45) is 7.05 Å². The van der Waals surface area contributed by atoms with Gasteiger partial charge in [0.15, 0.2) is 0 Å². The Morgan fingerprint density at radius 3 is 2.63 bits per heavy atom. The Bertz CT molecular complexity index is 504. The fraction of sp³-hybridized carbons (Fsp3) is 0.400. The second kappa shape index (κ2) is 6.48. The first-order valence-corrected chi connectivity index (χ1v) is 6.64. The van der Waals surface area contributed by atoms with E-state index < -0.39 is 0 Å². The monoisotopic (exact) mass is 261 g/mol. The normalized spacial score (nSPS) is 12.6. The molecule has 1 aromatic heterocycles. The summed E-state index contributed by atoms with van der Waals surface area (Å²) >= 11 is 0. The van der Waals surface area contributed by atoms with Crippen LogP contribution >= 0.6 is 0 Å². The molecule has 0 saturated carbocycles. The molecule has 1 unspecified atom stereocenters. The van der Waals surface area contributed by atoms with Gasteiger partial charge in [0, 0.05) is 13.2 Å². The summed E-state index contributed by atoms with van der Waals surface area (Å²) in [6, 6.07) is 6.85. The van der Waals surface area contributed by atoms with E-state index in [4.69, 9.17) is 0 Å². The van der Waals surface area contributed by atoms with Crippen molar-refractivity contribution >= 4 is 0 Å². The van der Waals surface area contributed by atoms with Gasteiger partial charge in [0.1, 0.15) is 5.82 Å². The van der Waals surface area contributed by atoms with Gasteiger partial charge in [-0.15, -0.1) is 0 Å². The molecule has 2 rings (SSSR count). The molecule has 0 saturated heterocycles. The molecule has 0 aliphatic carbocycles. The highest BCUT2D eigenvalue weighted by Crippen LogP contribution is 2.17. The molecule has 0 amide bonds. The highest BCUT2D eigenvalue weighted by atomic mass is 19.1. The predicted octanol–water partition coefficient (Wildman–Crippen LogP) is 2.84. The SMILES string of the molecule is CCCNC(Cc1ccc(F)cc1)c1cn(C)cn1. The van der Waals surface area contributed by atoms with Gasteiger partial charge < -0.3 is 9.88 Å². The number of imidazole rings is 1. The largest absolute Gasteiger partial charge is 0.340 e. The highest BCUT2D eigenvalue weighted by Gasteiger charge is 2.14. The van der Waals surface area contributed by atoms with Crippen molar-refractivity contribution in [2.45, 2.75) is 25.8 Å². The van der Waals surface area contributed by atoms with Crippen molar-refractivity contribution in [2.75, 3.05) is 6.54 Å². The third kappa shape index (κ3) is 3.89. The average Bonchev–Trinajstić information content (AvgIpc) is 2.83. The van der Waals surface area contributed by atoms with E-state index >= 15 is 0 Å². The molecule has 0 aliphatic heterocycles. The predicted molar refractivity (Wildman–Crippen MR) is 74.3 cm³/mol. The zero-order chi connectivity index (χ0) is 13.7. The Morgan fingerprint density at radius 2 is 2.05 bits per heavy atom. The van der Waals surface area contributed by atoms with Gasteiger partial charge in [0.2, 0.25) is 0 Å². The first kappa shape index (κ1) is 13.7. The Kier molecular flexibility index (Phi) is 4.68. The molecule has 0 fully saturated rings. The van der Waals surface area contributed by atoms with Crippen LogP contribution in [0.3, 0.4) is 0 Å². The molecule has 0 radical (unpaired) electrons. The minimum Gasteiger partial charge on any atom is -0.340 e. The molecule has 2 aromatic rings. The molecule has 1 N–H and O–H groups in total. The van der Waals surface area contributed by atoms with Crippen LogP contribution in [0.25, 0.3) is 0 Å². The Labute approximate surface area is 113 Å². The summed E-state index contributed by atoms with van der Waals surface area (Å²) in [6.45, 7) is 3.09. The number of aryl methyl sites for hydroxylation is 1. The minimum atomic E-state index is -0.195. The van der Waals surface area contributed by atoms with Gasteiger partial charge in [-0.05, 0) is 37.1 Å². The summed E-state index contributed by atoms with van der Waals surface area (Å²) in [5.74, 6) is -0.195. The van der Waals surface area contributed by atoms with Crippen LogP contribution in [-0.2, 0) is 13.5 Å². The topological polar surface area (TPSA) is 29.9 Å². The average molecular weight is 261 g/mol. The van der Waals surface area contributed by atoms with Crippen molar-refractivity contribution in [3.8, 4) is 0 Å². The lowest BCUT2D eigenvalue weighted by molar-refractivity contribution is 0.518. The second-order valence-electron chi connectivity index (χ2n) is 4.80. The molecule has 19 heavy (non-hydrogen) atoms. The lowest BCUT2D eigenvalue weighted by Gasteiger charge is -2.16. The molecule has 0 spiro atoms. The number of halogens is 1. The molecule has 102 valence electrons. The number of hydrogen-bond donors (Lipinski definition) is 1. The summed E-state index contributed by atoms with van der Waals surface area (Å²) in [4.78, 5) is 4.41. The van der Waals surface area contributed by atoms with Crippen molar-refractivity contribution in [3.05, 3.63) is 53.9 Å². The van der Waals surface area contributed by atoms with Crippen LogP contribution < -0.4 is 5.32 Å². The molecule has 3 nitrogen and oxygen atoms in total. The lowest BCUT2D eigenvalue weighted by atomic mass is 10.0. The van der Waals surface area contributed by atoms with Crippen molar-refractivity contribution < 1.29 is 4.39 Å². The third-order valence-electron chi connectivity index (χ3n) is 3.08. The van der Waals surface area contributed by atoms with Gasteiger partial charge in [-0.1, -0.05) is 19.1 Å². The second-order valence-corrected chi connectivity index (χ2v) is 4.80. The van der Waals surface area contributed by atoms with Crippen molar-refractivity contribution in [3.63, 3.8) is 0 Å². The van der Waals surface area contributed by atoms with E-state index in [1.165, 1.54) is 12.1 Å². The first-order chi connectivity index (χ1) is 9.19. The van der Waals surface area contributed by atoms with Gasteiger partial charge in [0.25, 0.3) is 0 Å². The smallest absolute Gasteiger partial charge is 0.123 e. The Morgan fingerprint density at radius 1 is 1.32 bits per heavy atom. The first-order valence-electron chi connectivity index (χ1n) is 6.64. The summed E-state index contributed by atoms with van der Waals surface area (Å²) in [7, 11) is 1.96. The summed E-state index contributed by atoms with van der Waals surface area (Å²) in [5, 5.41) is 3.49. The Balaban J connectivity index is 2.11. The fourth-order valence-electron chi connectivity index (χ4n) is 2.07. The molecule has 1 atom stereocenters. The molecule has 0 aliphatic rings. The van der Waals surface area contributed by atoms with Gasteiger partial charge in [-0.3, -0.25) is 0 Å². The third-order valence-corrected chi connectivity index (χ3v) is 3.08. The van der Waals surface area contributed by atoms with Crippen LogP contribution in [0.4, 0.5) is 4.39 Å². The maximum atomic E-state index is 12.9. The van der Waals surface area contributed by atoms with E-state index in [0.717, 1.165) is 30.6 Å². The number of rotatable bonds is 6. The highest BCUT2D eigenvalue weighted by molar-refractivity contribution is 5.19. The van der Waals surface area contributed by atoms with E-state index in [1.807, 2.05) is 29.9 Å². The van der Waals surface area contributed by atoms with E-state index in [9.17, 15) is 4.39 Å². The lowest BCUT2D eigenvalue weighted by Crippen LogP contribution is -2.24. The maximum absolute atomic E-state index is 12.9. The Hall–Kier alpha value is -1.68. The van der Waals surface area contributed by atoms with E-state index in [-0.39, 0.29) is 11.9 Å². The summed E-state index contributed by atoms with van der Waals surface area (Å²) in [5.41, 5.74) is 2.14. The zero-order valence-corrected chi connectivity index (χ0v) is 11.4. The summed E-state index contributed by atoms with van der Waals surface area (Å²) in [6.07, 6.45) is 5.72. The van der Waals surface area contributed by atoms with Crippen LogP contribution in [0.2, 0.25) is 0 Å². The van der Waals surface area contributed by atoms with E-state index in [0.29, 0.717) is 0 Å². The van der Waals surface area contributed by atoms with Crippen LogP contribution in [0.1, 0.15) is 30.6 Å². The van der Waals surface area contributed by atoms with Crippen LogP contribution in [-0.4, -0.2) is 16.1 Å². The standard InChI is InChI=1S/C15H20FN3/c1-3-8-17-14(15-10-19(2)11-18-15)9-12-4-6-13(16)7-5-12/h4-7,10-11,14,17H,3,8-9H2,1-2H3. The minimum absolute atomic E-state index is 0.173. The molecule has 1 heterocycles. The van der Waals surface area contributed by atoms with Crippen molar-refractivity contribution in [1.82, 2.24) is 14.9 Å². The molecule has 4 heteroatoms. The zero-order valence-electron chi connectivity index (χ0n) is 11.4. The number of benzene rings is 1. The van der Waals surface area contributed by atoms with Gasteiger partial charge in [0.05, 0.1) is 18.1 Å². The molecular formula is C15H20FN3. The van der Waals surface area contributed by atoms with Gasteiger partial charge in [-0.2, -0.15) is 0 Å². The fourth-order valence-corrected chi connectivity index (χ4v) is 2.07. The maximum Gasteiger partial charge on any atom is 0.123 e. The number of nitrogens with one attached hydrogen (secondary N) is 1. The quantitative estimate of drug-likeness (QED) is 0.866. The van der Waals surface area contributed by atoms with Gasteiger partial charge in [-0.25, -0.2) is 9.37 Å². The molecule has 1 aromatic carbocycles.